The van der Waals surface area contributed by atoms with Gasteiger partial charge < -0.3 is 15.8 Å². The second-order valence-corrected chi connectivity index (χ2v) is 5.37. The molecule has 1 saturated heterocycles. The molecule has 0 bridgehead atoms. The van der Waals surface area contributed by atoms with E-state index in [0.717, 1.165) is 38.7 Å². The standard InChI is InChI=1S/C14H21N5O/c15-13(18-12-3-1-2-6-16-12)17-11-14(4-5-14)19-7-9-20-10-8-19/h1-3,6H,4-5,7-11H2,(H3,15,16,17,18). The van der Waals surface area contributed by atoms with Crippen molar-refractivity contribution in [3.63, 3.8) is 0 Å². The number of aromatic nitrogens is 1. The Morgan fingerprint density at radius 3 is 2.85 bits per heavy atom. The molecule has 20 heavy (non-hydrogen) atoms. The Bertz CT molecular complexity index is 466. The van der Waals surface area contributed by atoms with Gasteiger partial charge >= 0.3 is 0 Å². The van der Waals surface area contributed by atoms with Crippen LogP contribution in [0.4, 0.5) is 5.82 Å². The molecule has 0 aromatic carbocycles. The number of hydrogen-bond acceptors (Lipinski definition) is 4. The molecule has 1 aliphatic heterocycles. The summed E-state index contributed by atoms with van der Waals surface area (Å²) in [6.45, 7) is 4.41. The fourth-order valence-electron chi connectivity index (χ4n) is 2.60. The van der Waals surface area contributed by atoms with E-state index < -0.39 is 0 Å². The average molecular weight is 275 g/mol. The van der Waals surface area contributed by atoms with Crippen molar-refractivity contribution in [3.05, 3.63) is 24.4 Å². The molecule has 3 rings (SSSR count). The van der Waals surface area contributed by atoms with Crippen LogP contribution in [0.2, 0.25) is 0 Å². The van der Waals surface area contributed by atoms with Crippen molar-refractivity contribution in [2.24, 2.45) is 10.7 Å². The number of rotatable bonds is 4. The van der Waals surface area contributed by atoms with Crippen molar-refractivity contribution in [1.29, 1.82) is 0 Å². The monoisotopic (exact) mass is 275 g/mol. The van der Waals surface area contributed by atoms with Gasteiger partial charge in [0.05, 0.1) is 19.8 Å². The van der Waals surface area contributed by atoms with Crippen LogP contribution in [0.1, 0.15) is 12.8 Å². The highest BCUT2D eigenvalue weighted by molar-refractivity contribution is 5.91. The molecule has 0 amide bonds. The maximum atomic E-state index is 5.93. The van der Waals surface area contributed by atoms with Crippen LogP contribution in [0.15, 0.2) is 29.4 Å². The molecule has 0 unspecified atom stereocenters. The number of pyridine rings is 1. The molecule has 0 radical (unpaired) electrons. The minimum Gasteiger partial charge on any atom is -0.379 e. The molecule has 1 aromatic heterocycles. The van der Waals surface area contributed by atoms with Gasteiger partial charge in [-0.25, -0.2) is 4.98 Å². The zero-order chi connectivity index (χ0) is 13.8. The van der Waals surface area contributed by atoms with Crippen molar-refractivity contribution < 1.29 is 4.74 Å². The Kier molecular flexibility index (Phi) is 3.84. The number of nitrogens with one attached hydrogen (secondary N) is 1. The number of ether oxygens (including phenoxy) is 1. The third kappa shape index (κ3) is 3.08. The number of morpholine rings is 1. The number of aliphatic imine (C=N–C) groups is 1. The summed E-state index contributed by atoms with van der Waals surface area (Å²) in [6.07, 6.45) is 4.13. The van der Waals surface area contributed by atoms with Crippen LogP contribution in [-0.4, -0.2) is 54.2 Å². The van der Waals surface area contributed by atoms with Gasteiger partial charge in [0.2, 0.25) is 0 Å². The van der Waals surface area contributed by atoms with Gasteiger partial charge in [0.1, 0.15) is 5.82 Å². The highest BCUT2D eigenvalue weighted by atomic mass is 16.5. The van der Waals surface area contributed by atoms with Gasteiger partial charge in [-0.3, -0.25) is 9.89 Å². The Labute approximate surface area is 119 Å². The number of nitrogens with two attached hydrogens (primary N) is 1. The normalized spacial score (nSPS) is 22.5. The number of nitrogens with zero attached hydrogens (tertiary/aromatic N) is 3. The molecule has 1 aromatic rings. The number of hydrogen-bond donors (Lipinski definition) is 2. The van der Waals surface area contributed by atoms with E-state index in [1.54, 1.807) is 6.20 Å². The molecular formula is C14H21N5O. The zero-order valence-electron chi connectivity index (χ0n) is 11.6. The molecule has 108 valence electrons. The van der Waals surface area contributed by atoms with Crippen molar-refractivity contribution in [2.45, 2.75) is 18.4 Å². The van der Waals surface area contributed by atoms with Crippen LogP contribution in [0, 0.1) is 0 Å². The van der Waals surface area contributed by atoms with Crippen LogP contribution in [0.5, 0.6) is 0 Å². The van der Waals surface area contributed by atoms with E-state index in [1.165, 1.54) is 12.8 Å². The maximum absolute atomic E-state index is 5.93. The lowest BCUT2D eigenvalue weighted by Crippen LogP contribution is -2.47. The van der Waals surface area contributed by atoms with Crippen molar-refractivity contribution >= 4 is 11.8 Å². The quantitative estimate of drug-likeness (QED) is 0.624. The van der Waals surface area contributed by atoms with Gasteiger partial charge in [-0.15, -0.1) is 0 Å². The third-order valence-corrected chi connectivity index (χ3v) is 3.97. The molecule has 2 heterocycles. The minimum absolute atomic E-state index is 0.222. The molecule has 1 aliphatic carbocycles. The van der Waals surface area contributed by atoms with Gasteiger partial charge in [-0.05, 0) is 25.0 Å². The smallest absolute Gasteiger partial charge is 0.194 e. The van der Waals surface area contributed by atoms with Gasteiger partial charge in [-0.2, -0.15) is 0 Å². The van der Waals surface area contributed by atoms with E-state index in [-0.39, 0.29) is 5.54 Å². The predicted octanol–water partition coefficient (Wildman–Crippen LogP) is 0.673. The number of guanidine groups is 1. The van der Waals surface area contributed by atoms with E-state index in [9.17, 15) is 0 Å². The molecule has 0 atom stereocenters. The first-order valence-electron chi connectivity index (χ1n) is 7.09. The average Bonchev–Trinajstić information content (AvgIpc) is 3.28. The van der Waals surface area contributed by atoms with Crippen LogP contribution in [0.25, 0.3) is 0 Å². The molecule has 3 N–H and O–H groups in total. The SMILES string of the molecule is NC(=NCC1(N2CCOCC2)CC1)Nc1ccccn1. The molecule has 2 fully saturated rings. The highest BCUT2D eigenvalue weighted by Gasteiger charge is 2.48. The van der Waals surface area contributed by atoms with Crippen LogP contribution < -0.4 is 11.1 Å². The molecular weight excluding hydrogens is 254 g/mol. The summed E-state index contributed by atoms with van der Waals surface area (Å²) in [4.78, 5) is 11.2. The number of anilines is 1. The summed E-state index contributed by atoms with van der Waals surface area (Å²) in [7, 11) is 0. The maximum Gasteiger partial charge on any atom is 0.194 e. The van der Waals surface area contributed by atoms with Crippen LogP contribution in [-0.2, 0) is 4.74 Å². The molecule has 1 saturated carbocycles. The summed E-state index contributed by atoms with van der Waals surface area (Å²) < 4.78 is 5.40. The Morgan fingerprint density at radius 2 is 2.20 bits per heavy atom. The highest BCUT2D eigenvalue weighted by Crippen LogP contribution is 2.42. The zero-order valence-corrected chi connectivity index (χ0v) is 11.6. The van der Waals surface area contributed by atoms with E-state index in [4.69, 9.17) is 10.5 Å². The third-order valence-electron chi connectivity index (χ3n) is 3.97. The second kappa shape index (κ2) is 5.76. The van der Waals surface area contributed by atoms with Crippen molar-refractivity contribution in [1.82, 2.24) is 9.88 Å². The van der Waals surface area contributed by atoms with Gasteiger partial charge in [0.15, 0.2) is 5.96 Å². The van der Waals surface area contributed by atoms with E-state index in [2.05, 4.69) is 20.2 Å². The predicted molar refractivity (Wildman–Crippen MR) is 78.7 cm³/mol. The Morgan fingerprint density at radius 1 is 1.40 bits per heavy atom. The summed E-state index contributed by atoms with van der Waals surface area (Å²) in [6, 6.07) is 5.66. The van der Waals surface area contributed by atoms with Crippen LogP contribution in [0.3, 0.4) is 0 Å². The first-order chi connectivity index (χ1) is 9.78. The lowest BCUT2D eigenvalue weighted by Gasteiger charge is -2.34. The van der Waals surface area contributed by atoms with Gasteiger partial charge in [0, 0.05) is 24.8 Å². The fourth-order valence-corrected chi connectivity index (χ4v) is 2.60. The Hall–Kier alpha value is -1.66. The molecule has 6 heteroatoms. The lowest BCUT2D eigenvalue weighted by molar-refractivity contribution is 0.0117. The van der Waals surface area contributed by atoms with Crippen LogP contribution >= 0.6 is 0 Å². The summed E-state index contributed by atoms with van der Waals surface area (Å²) in [5.74, 6) is 1.16. The molecule has 0 spiro atoms. The molecule has 6 nitrogen and oxygen atoms in total. The largest absolute Gasteiger partial charge is 0.379 e. The van der Waals surface area contributed by atoms with Gasteiger partial charge in [0.25, 0.3) is 0 Å². The van der Waals surface area contributed by atoms with Crippen molar-refractivity contribution in [3.8, 4) is 0 Å². The second-order valence-electron chi connectivity index (χ2n) is 5.37. The van der Waals surface area contributed by atoms with Gasteiger partial charge in [-0.1, -0.05) is 6.07 Å². The topological polar surface area (TPSA) is 75.8 Å². The fraction of sp³-hybridized carbons (Fsp3) is 0.571. The van der Waals surface area contributed by atoms with E-state index in [1.807, 2.05) is 18.2 Å². The Balaban J connectivity index is 1.56. The van der Waals surface area contributed by atoms with Crippen molar-refractivity contribution in [2.75, 3.05) is 38.2 Å². The van der Waals surface area contributed by atoms with E-state index in [0.29, 0.717) is 5.96 Å². The summed E-state index contributed by atoms with van der Waals surface area (Å²) in [5.41, 5.74) is 6.15. The lowest BCUT2D eigenvalue weighted by atomic mass is 10.2. The summed E-state index contributed by atoms with van der Waals surface area (Å²) in [5, 5.41) is 3.02. The first-order valence-corrected chi connectivity index (χ1v) is 7.09. The molecule has 2 aliphatic rings. The van der Waals surface area contributed by atoms with E-state index >= 15 is 0 Å². The first kappa shape index (κ1) is 13.3. The minimum atomic E-state index is 0.222. The summed E-state index contributed by atoms with van der Waals surface area (Å²) >= 11 is 0.